The van der Waals surface area contributed by atoms with E-state index in [1.165, 1.54) is 5.06 Å². The molecule has 1 aliphatic rings. The van der Waals surface area contributed by atoms with Crippen molar-refractivity contribution in [2.24, 2.45) is 0 Å². The van der Waals surface area contributed by atoms with Crippen LogP contribution in [0.5, 0.6) is 0 Å². The molecule has 1 aromatic carbocycles. The van der Waals surface area contributed by atoms with Crippen LogP contribution >= 0.6 is 0 Å². The van der Waals surface area contributed by atoms with E-state index in [9.17, 15) is 4.79 Å². The van der Waals surface area contributed by atoms with E-state index in [1.54, 1.807) is 7.05 Å². The third kappa shape index (κ3) is 0.987. The fourth-order valence-electron chi connectivity index (χ4n) is 1.25. The average molecular weight is 163 g/mol. The summed E-state index contributed by atoms with van der Waals surface area (Å²) in [6.45, 7) is 0.485. The van der Waals surface area contributed by atoms with Gasteiger partial charge in [0, 0.05) is 12.6 Å². The Kier molecular flexibility index (Phi) is 1.59. The highest BCUT2D eigenvalue weighted by molar-refractivity contribution is 5.95. The van der Waals surface area contributed by atoms with Crippen LogP contribution in [0.15, 0.2) is 24.3 Å². The van der Waals surface area contributed by atoms with Gasteiger partial charge in [-0.2, -0.15) is 0 Å². The quantitative estimate of drug-likeness (QED) is 0.575. The first-order chi connectivity index (χ1) is 5.79. The number of fused-ring (bicyclic) bond motifs is 1. The molecule has 0 atom stereocenters. The van der Waals surface area contributed by atoms with E-state index in [0.717, 1.165) is 11.1 Å². The topological polar surface area (TPSA) is 29.5 Å². The number of hydrogen-bond acceptors (Lipinski definition) is 2. The van der Waals surface area contributed by atoms with Crippen LogP contribution in [-0.2, 0) is 11.4 Å². The van der Waals surface area contributed by atoms with Gasteiger partial charge < -0.3 is 0 Å². The molecule has 0 N–H and O–H groups in total. The summed E-state index contributed by atoms with van der Waals surface area (Å²) >= 11 is 0. The number of amides is 1. The predicted molar refractivity (Wildman–Crippen MR) is 43.3 cm³/mol. The minimum absolute atomic E-state index is 0.0724. The molecule has 0 bridgehead atoms. The first kappa shape index (κ1) is 7.31. The lowest BCUT2D eigenvalue weighted by molar-refractivity contribution is -0.123. The Morgan fingerprint density at radius 2 is 2.17 bits per heavy atom. The molecule has 0 fully saturated rings. The van der Waals surface area contributed by atoms with Gasteiger partial charge in [0.2, 0.25) is 0 Å². The van der Waals surface area contributed by atoms with Crippen molar-refractivity contribution in [2.45, 2.75) is 6.61 Å². The van der Waals surface area contributed by atoms with Gasteiger partial charge in [-0.3, -0.25) is 9.63 Å². The van der Waals surface area contributed by atoms with Gasteiger partial charge in [0.1, 0.15) is 6.61 Å². The third-order valence-corrected chi connectivity index (χ3v) is 1.95. The second-order valence-electron chi connectivity index (χ2n) is 2.73. The number of carbonyl (C=O) groups excluding carboxylic acids is 1. The van der Waals surface area contributed by atoms with E-state index in [0.29, 0.717) is 6.61 Å². The van der Waals surface area contributed by atoms with Crippen LogP contribution < -0.4 is 0 Å². The molecule has 0 spiro atoms. The third-order valence-electron chi connectivity index (χ3n) is 1.95. The molecule has 0 radical (unpaired) electrons. The summed E-state index contributed by atoms with van der Waals surface area (Å²) in [5.74, 6) is -0.0724. The zero-order valence-electron chi connectivity index (χ0n) is 6.78. The second kappa shape index (κ2) is 2.60. The van der Waals surface area contributed by atoms with Gasteiger partial charge in [-0.05, 0) is 11.6 Å². The zero-order valence-corrected chi connectivity index (χ0v) is 6.78. The Balaban J connectivity index is 2.49. The van der Waals surface area contributed by atoms with Crippen LogP contribution in [0.25, 0.3) is 0 Å². The van der Waals surface area contributed by atoms with E-state index >= 15 is 0 Å². The SMILES string of the molecule is CN1OCc2ccccc2C1=O. The van der Waals surface area contributed by atoms with Crippen molar-refractivity contribution in [3.05, 3.63) is 35.4 Å². The van der Waals surface area contributed by atoms with Crippen molar-refractivity contribution in [3.8, 4) is 0 Å². The van der Waals surface area contributed by atoms with E-state index in [2.05, 4.69) is 0 Å². The van der Waals surface area contributed by atoms with Gasteiger partial charge >= 0.3 is 0 Å². The molecule has 12 heavy (non-hydrogen) atoms. The van der Waals surface area contributed by atoms with Gasteiger partial charge in [-0.15, -0.1) is 0 Å². The molecule has 3 nitrogen and oxygen atoms in total. The Hall–Kier alpha value is -1.35. The Labute approximate surface area is 70.5 Å². The molecule has 2 rings (SSSR count). The summed E-state index contributed by atoms with van der Waals surface area (Å²) in [6.07, 6.45) is 0. The van der Waals surface area contributed by atoms with Crippen LogP contribution in [0.4, 0.5) is 0 Å². The summed E-state index contributed by atoms with van der Waals surface area (Å²) in [5, 5.41) is 1.27. The molecular formula is C9H9NO2. The fourth-order valence-corrected chi connectivity index (χ4v) is 1.25. The summed E-state index contributed by atoms with van der Waals surface area (Å²) < 4.78 is 0. The summed E-state index contributed by atoms with van der Waals surface area (Å²) in [6, 6.07) is 7.48. The normalized spacial score (nSPS) is 16.1. The van der Waals surface area contributed by atoms with Crippen LogP contribution in [0.3, 0.4) is 0 Å². The zero-order chi connectivity index (χ0) is 8.55. The molecule has 0 saturated carbocycles. The van der Waals surface area contributed by atoms with Crippen molar-refractivity contribution < 1.29 is 9.63 Å². The van der Waals surface area contributed by atoms with Crippen molar-refractivity contribution in [1.29, 1.82) is 0 Å². The van der Waals surface area contributed by atoms with E-state index < -0.39 is 0 Å². The molecule has 1 aliphatic heterocycles. The summed E-state index contributed by atoms with van der Waals surface area (Å²) in [4.78, 5) is 16.5. The maximum atomic E-state index is 11.4. The maximum absolute atomic E-state index is 11.4. The van der Waals surface area contributed by atoms with Gasteiger partial charge in [0.15, 0.2) is 0 Å². The highest BCUT2D eigenvalue weighted by Gasteiger charge is 2.21. The molecule has 0 aliphatic carbocycles. The van der Waals surface area contributed by atoms with Gasteiger partial charge in [-0.1, -0.05) is 18.2 Å². The van der Waals surface area contributed by atoms with Gasteiger partial charge in [0.25, 0.3) is 5.91 Å². The second-order valence-corrected chi connectivity index (χ2v) is 2.73. The largest absolute Gasteiger partial charge is 0.277 e. The standard InChI is InChI=1S/C9H9NO2/c1-10-9(11)8-5-3-2-4-7(8)6-12-10/h2-5H,6H2,1H3. The van der Waals surface area contributed by atoms with Crippen molar-refractivity contribution in [3.63, 3.8) is 0 Å². The lowest BCUT2D eigenvalue weighted by Crippen LogP contribution is -2.32. The van der Waals surface area contributed by atoms with Gasteiger partial charge in [-0.25, -0.2) is 5.06 Å². The number of nitrogens with zero attached hydrogens (tertiary/aromatic N) is 1. The van der Waals surface area contributed by atoms with Crippen LogP contribution in [-0.4, -0.2) is 18.0 Å². The van der Waals surface area contributed by atoms with E-state index in [4.69, 9.17) is 4.84 Å². The first-order valence-corrected chi connectivity index (χ1v) is 3.78. The van der Waals surface area contributed by atoms with Crippen molar-refractivity contribution >= 4 is 5.91 Å². The molecule has 0 saturated heterocycles. The molecule has 1 heterocycles. The lowest BCUT2D eigenvalue weighted by Gasteiger charge is -2.23. The Bertz CT molecular complexity index is 322. The van der Waals surface area contributed by atoms with E-state index in [-0.39, 0.29) is 5.91 Å². The summed E-state index contributed by atoms with van der Waals surface area (Å²) in [7, 11) is 1.62. The molecule has 3 heteroatoms. The highest BCUT2D eigenvalue weighted by atomic mass is 16.7. The van der Waals surface area contributed by atoms with Crippen LogP contribution in [0.1, 0.15) is 15.9 Å². The number of hydrogen-bond donors (Lipinski definition) is 0. The molecule has 0 unspecified atom stereocenters. The molecule has 1 amide bonds. The Morgan fingerprint density at radius 3 is 3.00 bits per heavy atom. The van der Waals surface area contributed by atoms with E-state index in [1.807, 2.05) is 24.3 Å². The van der Waals surface area contributed by atoms with Gasteiger partial charge in [0.05, 0.1) is 0 Å². The number of carbonyl (C=O) groups is 1. The fraction of sp³-hybridized carbons (Fsp3) is 0.222. The lowest BCUT2D eigenvalue weighted by atomic mass is 10.1. The summed E-state index contributed by atoms with van der Waals surface area (Å²) in [5.41, 5.74) is 1.70. The molecule has 0 aromatic heterocycles. The van der Waals surface area contributed by atoms with Crippen LogP contribution in [0.2, 0.25) is 0 Å². The van der Waals surface area contributed by atoms with Crippen LogP contribution in [0, 0.1) is 0 Å². The first-order valence-electron chi connectivity index (χ1n) is 3.78. The number of hydroxylamine groups is 2. The number of benzene rings is 1. The highest BCUT2D eigenvalue weighted by Crippen LogP contribution is 2.17. The maximum Gasteiger partial charge on any atom is 0.277 e. The minimum atomic E-state index is -0.0724. The monoisotopic (exact) mass is 163 g/mol. The predicted octanol–water partition coefficient (Wildman–Crippen LogP) is 1.20. The number of rotatable bonds is 0. The Morgan fingerprint density at radius 1 is 1.42 bits per heavy atom. The van der Waals surface area contributed by atoms with Crippen molar-refractivity contribution in [1.82, 2.24) is 5.06 Å². The van der Waals surface area contributed by atoms with Crippen molar-refractivity contribution in [2.75, 3.05) is 7.05 Å². The smallest absolute Gasteiger partial charge is 0.267 e. The average Bonchev–Trinajstić information content (AvgIpc) is 2.12. The molecule has 1 aromatic rings. The molecular weight excluding hydrogens is 154 g/mol. The molecule has 62 valence electrons. The minimum Gasteiger partial charge on any atom is -0.267 e.